The first-order valence-electron chi connectivity index (χ1n) is 13.8. The Morgan fingerprint density at radius 1 is 0.610 bits per heavy atom. The van der Waals surface area contributed by atoms with E-state index in [-0.39, 0.29) is 37.3 Å². The van der Waals surface area contributed by atoms with E-state index < -0.39 is 0 Å². The maximum atomic E-state index is 9.34. The maximum Gasteiger partial charge on any atom is 0.200 e. The molecule has 0 unspecified atom stereocenters. The standard InChI is InChI=1S/2C9H13.2C8H10O3.Hf/c2*1-2-3-6-9-7-4-5-8-9;2*1-10-6-4-3-5-7(11-2)8(6)9;/h2*4,7H,2-3,5-6H2,1H3;2*3-5,9H,1-2H3;/q2*-1;;;. The normalized spacial score (nSPS) is 12.1. The Labute approximate surface area is 266 Å². The van der Waals surface area contributed by atoms with Gasteiger partial charge in [-0.25, -0.2) is 23.3 Å². The summed E-state index contributed by atoms with van der Waals surface area (Å²) in [5.74, 6) is 1.76. The van der Waals surface area contributed by atoms with E-state index in [4.69, 9.17) is 18.9 Å². The molecule has 224 valence electrons. The maximum absolute atomic E-state index is 9.34. The number of phenols is 2. The van der Waals surface area contributed by atoms with Gasteiger partial charge in [-0.2, -0.15) is 12.2 Å². The Morgan fingerprint density at radius 3 is 1.15 bits per heavy atom. The van der Waals surface area contributed by atoms with E-state index in [1.807, 2.05) is 0 Å². The largest absolute Gasteiger partial charge is 0.502 e. The minimum absolute atomic E-state index is 0. The van der Waals surface area contributed by atoms with Crippen LogP contribution in [0, 0.1) is 12.2 Å². The van der Waals surface area contributed by atoms with Crippen molar-refractivity contribution in [1.29, 1.82) is 0 Å². The molecule has 0 bridgehead atoms. The molecule has 6 nitrogen and oxygen atoms in total. The van der Waals surface area contributed by atoms with Crippen LogP contribution in [0.15, 0.2) is 71.8 Å². The third-order valence-electron chi connectivity index (χ3n) is 5.93. The summed E-state index contributed by atoms with van der Waals surface area (Å²) in [6.07, 6.45) is 25.1. The van der Waals surface area contributed by atoms with Crippen LogP contribution in [0.3, 0.4) is 0 Å². The van der Waals surface area contributed by atoms with Crippen molar-refractivity contribution in [1.82, 2.24) is 0 Å². The predicted molar refractivity (Wildman–Crippen MR) is 162 cm³/mol. The van der Waals surface area contributed by atoms with Gasteiger partial charge in [-0.05, 0) is 24.3 Å². The molecule has 2 aromatic rings. The van der Waals surface area contributed by atoms with Gasteiger partial charge >= 0.3 is 0 Å². The number of aromatic hydroxyl groups is 2. The molecule has 0 spiro atoms. The smallest absolute Gasteiger partial charge is 0.200 e. The molecule has 2 aliphatic carbocycles. The van der Waals surface area contributed by atoms with E-state index in [9.17, 15) is 10.2 Å². The summed E-state index contributed by atoms with van der Waals surface area (Å²) >= 11 is 0. The molecule has 41 heavy (non-hydrogen) atoms. The molecular weight excluding hydrogens is 683 g/mol. The van der Waals surface area contributed by atoms with Crippen molar-refractivity contribution in [2.45, 2.75) is 65.2 Å². The van der Waals surface area contributed by atoms with Gasteiger partial charge in [-0.15, -0.1) is 12.8 Å². The number of benzene rings is 2. The first kappa shape index (κ1) is 38.1. The van der Waals surface area contributed by atoms with Gasteiger partial charge in [0.1, 0.15) is 0 Å². The van der Waals surface area contributed by atoms with Gasteiger partial charge in [0.2, 0.25) is 11.5 Å². The van der Waals surface area contributed by atoms with Gasteiger partial charge in [0, 0.05) is 25.8 Å². The van der Waals surface area contributed by atoms with Gasteiger partial charge < -0.3 is 29.2 Å². The number of ether oxygens (including phenoxy) is 4. The number of unbranched alkanes of at least 4 members (excludes halogenated alkanes) is 2. The van der Waals surface area contributed by atoms with Gasteiger partial charge in [-0.3, -0.25) is 12.2 Å². The summed E-state index contributed by atoms with van der Waals surface area (Å²) in [7, 11) is 5.98. The van der Waals surface area contributed by atoms with Crippen LogP contribution in [0.2, 0.25) is 0 Å². The molecular formula is C34H46HfO6-2. The minimum Gasteiger partial charge on any atom is -0.502 e. The zero-order chi connectivity index (χ0) is 29.6. The second-order valence-corrected chi connectivity index (χ2v) is 8.85. The SMILES string of the molecule is CCCCC1=[C-]CC=C1.CCCCC1=[C-]CC=C1.COc1cccc(OC)c1O.COc1cccc(OC)c1O.[Hf]. The fraction of sp³-hybridized carbons (Fsp3) is 0.412. The van der Waals surface area contributed by atoms with Gasteiger partial charge in [0.25, 0.3) is 0 Å². The molecule has 2 N–H and O–H groups in total. The van der Waals surface area contributed by atoms with Crippen molar-refractivity contribution in [2.24, 2.45) is 0 Å². The Kier molecular flexibility index (Phi) is 22.0. The Morgan fingerprint density at radius 2 is 0.927 bits per heavy atom. The third-order valence-corrected chi connectivity index (χ3v) is 5.93. The minimum atomic E-state index is 0. The van der Waals surface area contributed by atoms with E-state index in [2.05, 4.69) is 50.3 Å². The third kappa shape index (κ3) is 15.0. The van der Waals surface area contributed by atoms with Crippen LogP contribution < -0.4 is 18.9 Å². The molecule has 0 radical (unpaired) electrons. The molecule has 2 aromatic carbocycles. The number of phenolic OH excluding ortho intramolecular Hbond substituents is 2. The predicted octanol–water partition coefficient (Wildman–Crippen LogP) is 8.55. The molecule has 0 aliphatic heterocycles. The zero-order valence-electron chi connectivity index (χ0n) is 25.5. The monoisotopic (exact) mass is 730 g/mol. The first-order valence-corrected chi connectivity index (χ1v) is 13.8. The van der Waals surface area contributed by atoms with Crippen LogP contribution in [-0.4, -0.2) is 38.7 Å². The fourth-order valence-corrected chi connectivity index (χ4v) is 3.64. The molecule has 0 heterocycles. The summed E-state index contributed by atoms with van der Waals surface area (Å²) < 4.78 is 19.4. The van der Waals surface area contributed by atoms with Crippen molar-refractivity contribution < 1.29 is 55.0 Å². The number of allylic oxidation sites excluding steroid dienone is 8. The Hall–Kier alpha value is -2.93. The topological polar surface area (TPSA) is 77.4 Å². The van der Waals surface area contributed by atoms with E-state index in [0.29, 0.717) is 23.0 Å². The van der Waals surface area contributed by atoms with E-state index >= 15 is 0 Å². The average molecular weight is 729 g/mol. The molecule has 0 saturated carbocycles. The Balaban J connectivity index is 0.000000518. The average Bonchev–Trinajstić information content (AvgIpc) is 3.71. The van der Waals surface area contributed by atoms with Gasteiger partial charge in [-0.1, -0.05) is 64.5 Å². The summed E-state index contributed by atoms with van der Waals surface area (Å²) in [4.78, 5) is 0. The van der Waals surface area contributed by atoms with Gasteiger partial charge in [0.15, 0.2) is 23.0 Å². The second-order valence-electron chi connectivity index (χ2n) is 8.85. The van der Waals surface area contributed by atoms with E-state index in [0.717, 1.165) is 12.8 Å². The molecule has 0 fully saturated rings. The fourth-order valence-electron chi connectivity index (χ4n) is 3.64. The van der Waals surface area contributed by atoms with Crippen molar-refractivity contribution >= 4 is 0 Å². The van der Waals surface area contributed by atoms with Crippen LogP contribution in [0.5, 0.6) is 34.5 Å². The first-order chi connectivity index (χ1) is 19.4. The molecule has 0 amide bonds. The number of hydrogen-bond donors (Lipinski definition) is 2. The molecule has 4 rings (SSSR count). The summed E-state index contributed by atoms with van der Waals surface area (Å²) in [6.45, 7) is 4.44. The number of rotatable bonds is 10. The molecule has 2 aliphatic rings. The Bertz CT molecular complexity index is 972. The van der Waals surface area contributed by atoms with Crippen molar-refractivity contribution in [3.05, 3.63) is 84.0 Å². The van der Waals surface area contributed by atoms with Crippen LogP contribution in [0.25, 0.3) is 0 Å². The van der Waals surface area contributed by atoms with Crippen LogP contribution in [0.1, 0.15) is 65.2 Å². The molecule has 0 aromatic heterocycles. The summed E-state index contributed by atoms with van der Waals surface area (Å²) in [5.41, 5.74) is 2.83. The van der Waals surface area contributed by atoms with Crippen molar-refractivity contribution in [3.63, 3.8) is 0 Å². The molecule has 0 atom stereocenters. The zero-order valence-corrected chi connectivity index (χ0v) is 29.1. The van der Waals surface area contributed by atoms with Crippen LogP contribution in [-0.2, 0) is 25.8 Å². The summed E-state index contributed by atoms with van der Waals surface area (Å²) in [6, 6.07) is 10.2. The quantitative estimate of drug-likeness (QED) is 0.189. The number of methoxy groups -OCH3 is 4. The number of hydrogen-bond acceptors (Lipinski definition) is 6. The van der Waals surface area contributed by atoms with Gasteiger partial charge in [0.05, 0.1) is 28.4 Å². The molecule has 0 saturated heterocycles. The van der Waals surface area contributed by atoms with E-state index in [1.165, 1.54) is 78.1 Å². The van der Waals surface area contributed by atoms with Crippen molar-refractivity contribution in [3.8, 4) is 34.5 Å². The van der Waals surface area contributed by atoms with Crippen molar-refractivity contribution in [2.75, 3.05) is 28.4 Å². The number of para-hydroxylation sites is 2. The molecule has 7 heteroatoms. The van der Waals surface area contributed by atoms with E-state index in [1.54, 1.807) is 36.4 Å². The second kappa shape index (κ2) is 23.7. The summed E-state index contributed by atoms with van der Waals surface area (Å²) in [5, 5.41) is 18.7. The van der Waals surface area contributed by atoms with Crippen LogP contribution in [0.4, 0.5) is 0 Å². The van der Waals surface area contributed by atoms with Crippen LogP contribution >= 0.6 is 0 Å².